The predicted molar refractivity (Wildman–Crippen MR) is 102 cm³/mol. The minimum absolute atomic E-state index is 0.205. The summed E-state index contributed by atoms with van der Waals surface area (Å²) in [6, 6.07) is 1.68. The van der Waals surface area contributed by atoms with Crippen LogP contribution in [0.5, 0.6) is 5.88 Å². The van der Waals surface area contributed by atoms with Crippen LogP contribution in [0.1, 0.15) is 47.4 Å². The first kappa shape index (κ1) is 20.0. The Morgan fingerprint density at radius 2 is 2.17 bits per heavy atom. The molecule has 30 heavy (non-hydrogen) atoms. The number of nitrogens with zero attached hydrogens (tertiary/aromatic N) is 4. The minimum atomic E-state index is -1.11. The molecule has 3 aromatic rings. The average Bonchev–Trinajstić information content (AvgIpc) is 3.37. The number of hydrogen-bond donors (Lipinski definition) is 1. The molecule has 8 nitrogen and oxygen atoms in total. The van der Waals surface area contributed by atoms with E-state index in [0.717, 1.165) is 18.2 Å². The Kier molecular flexibility index (Phi) is 5.23. The number of nitrogens with one attached hydrogen (secondary N) is 1. The second kappa shape index (κ2) is 7.85. The lowest BCUT2D eigenvalue weighted by atomic mass is 9.92. The van der Waals surface area contributed by atoms with Gasteiger partial charge in [0.25, 0.3) is 17.7 Å². The Bertz CT molecular complexity index is 1080. The van der Waals surface area contributed by atoms with Crippen molar-refractivity contribution in [1.29, 1.82) is 0 Å². The molecular formula is C20H21F2N5O3. The number of ether oxygens (including phenoxy) is 1. The largest absolute Gasteiger partial charge is 0.479 e. The van der Waals surface area contributed by atoms with E-state index in [1.807, 2.05) is 26.1 Å². The summed E-state index contributed by atoms with van der Waals surface area (Å²) < 4.78 is 39.0. The zero-order chi connectivity index (χ0) is 21.4. The number of methoxy groups -OCH3 is 1. The van der Waals surface area contributed by atoms with Gasteiger partial charge in [-0.15, -0.1) is 0 Å². The SMILES string of the molecule is COc1ncc(F)c(C(=O)N2C[C@@H](c3noc(-c4cc(C)c[nH]4)n3)CC[C@H]2C)c1F. The molecule has 10 heteroatoms. The Hall–Kier alpha value is -3.30. The number of piperidine rings is 1. The van der Waals surface area contributed by atoms with Gasteiger partial charge in [-0.1, -0.05) is 5.16 Å². The summed E-state index contributed by atoms with van der Waals surface area (Å²) in [6.45, 7) is 3.99. The molecule has 0 spiro atoms. The first-order valence-corrected chi connectivity index (χ1v) is 9.57. The molecule has 1 aliphatic heterocycles. The fourth-order valence-electron chi connectivity index (χ4n) is 3.67. The van der Waals surface area contributed by atoms with Crippen molar-refractivity contribution in [2.24, 2.45) is 0 Å². The Morgan fingerprint density at radius 1 is 1.37 bits per heavy atom. The van der Waals surface area contributed by atoms with Gasteiger partial charge >= 0.3 is 0 Å². The second-order valence-corrected chi connectivity index (χ2v) is 7.43. The highest BCUT2D eigenvalue weighted by Gasteiger charge is 2.35. The molecule has 0 radical (unpaired) electrons. The summed E-state index contributed by atoms with van der Waals surface area (Å²) in [6.07, 6.45) is 3.96. The van der Waals surface area contributed by atoms with Gasteiger partial charge in [-0.3, -0.25) is 4.79 Å². The van der Waals surface area contributed by atoms with Gasteiger partial charge in [0.1, 0.15) is 11.3 Å². The van der Waals surface area contributed by atoms with Crippen molar-refractivity contribution in [1.82, 2.24) is 25.0 Å². The maximum absolute atomic E-state index is 14.6. The van der Waals surface area contributed by atoms with E-state index in [1.165, 1.54) is 12.0 Å². The van der Waals surface area contributed by atoms with Crippen LogP contribution >= 0.6 is 0 Å². The van der Waals surface area contributed by atoms with E-state index in [2.05, 4.69) is 20.1 Å². The molecule has 0 aliphatic carbocycles. The summed E-state index contributed by atoms with van der Waals surface area (Å²) in [4.78, 5) is 25.5. The highest BCUT2D eigenvalue weighted by Crippen LogP contribution is 2.32. The van der Waals surface area contributed by atoms with Crippen molar-refractivity contribution >= 4 is 5.91 Å². The lowest BCUT2D eigenvalue weighted by Crippen LogP contribution is -2.45. The number of aryl methyl sites for hydroxylation is 1. The molecule has 4 rings (SSSR count). The fraction of sp³-hybridized carbons (Fsp3) is 0.400. The number of rotatable bonds is 4. The minimum Gasteiger partial charge on any atom is -0.479 e. The quantitative estimate of drug-likeness (QED) is 0.698. The number of halogens is 2. The third-order valence-electron chi connectivity index (χ3n) is 5.36. The van der Waals surface area contributed by atoms with E-state index < -0.39 is 29.0 Å². The average molecular weight is 417 g/mol. The molecule has 0 bridgehead atoms. The summed E-state index contributed by atoms with van der Waals surface area (Å²) >= 11 is 0. The molecule has 1 amide bonds. The Balaban J connectivity index is 1.59. The molecule has 1 N–H and O–H groups in total. The van der Waals surface area contributed by atoms with Crippen LogP contribution in [0.2, 0.25) is 0 Å². The van der Waals surface area contributed by atoms with Crippen LogP contribution in [0.3, 0.4) is 0 Å². The van der Waals surface area contributed by atoms with Gasteiger partial charge in [0, 0.05) is 24.7 Å². The number of aromatic nitrogens is 4. The zero-order valence-corrected chi connectivity index (χ0v) is 16.8. The number of carbonyl (C=O) groups excluding carboxylic acids is 1. The molecule has 1 fully saturated rings. The molecule has 1 aliphatic rings. The van der Waals surface area contributed by atoms with Gasteiger partial charge < -0.3 is 19.1 Å². The molecule has 158 valence electrons. The van der Waals surface area contributed by atoms with E-state index in [4.69, 9.17) is 9.26 Å². The highest BCUT2D eigenvalue weighted by molar-refractivity contribution is 5.95. The molecule has 1 saturated heterocycles. The number of likely N-dealkylation sites (tertiary alicyclic amines) is 1. The first-order valence-electron chi connectivity index (χ1n) is 9.57. The van der Waals surface area contributed by atoms with Gasteiger partial charge in [-0.25, -0.2) is 13.8 Å². The monoisotopic (exact) mass is 417 g/mol. The summed E-state index contributed by atoms with van der Waals surface area (Å²) in [5.41, 5.74) is 1.06. The highest BCUT2D eigenvalue weighted by atomic mass is 19.1. The van der Waals surface area contributed by atoms with Crippen LogP contribution in [0.15, 0.2) is 23.0 Å². The first-order chi connectivity index (χ1) is 14.4. The fourth-order valence-corrected chi connectivity index (χ4v) is 3.67. The van der Waals surface area contributed by atoms with Crippen molar-refractivity contribution in [2.45, 2.75) is 38.6 Å². The van der Waals surface area contributed by atoms with Crippen LogP contribution in [0.4, 0.5) is 8.78 Å². The van der Waals surface area contributed by atoms with Gasteiger partial charge in [0.05, 0.1) is 13.3 Å². The van der Waals surface area contributed by atoms with Crippen LogP contribution < -0.4 is 4.74 Å². The smallest absolute Gasteiger partial charge is 0.274 e. The van der Waals surface area contributed by atoms with E-state index in [0.29, 0.717) is 23.8 Å². The maximum atomic E-state index is 14.6. The van der Waals surface area contributed by atoms with Gasteiger partial charge in [-0.05, 0) is 38.3 Å². The second-order valence-electron chi connectivity index (χ2n) is 7.43. The van der Waals surface area contributed by atoms with Gasteiger partial charge in [0.2, 0.25) is 5.82 Å². The molecule has 0 aromatic carbocycles. The summed E-state index contributed by atoms with van der Waals surface area (Å²) in [7, 11) is 1.20. The van der Waals surface area contributed by atoms with Gasteiger partial charge in [0.15, 0.2) is 11.6 Å². The van der Waals surface area contributed by atoms with Crippen molar-refractivity contribution < 1.29 is 22.8 Å². The van der Waals surface area contributed by atoms with Crippen molar-refractivity contribution in [3.05, 3.63) is 47.0 Å². The topological polar surface area (TPSA) is 97.1 Å². The van der Waals surface area contributed by atoms with Crippen LogP contribution in [-0.2, 0) is 0 Å². The molecule has 0 saturated carbocycles. The maximum Gasteiger partial charge on any atom is 0.274 e. The molecule has 2 atom stereocenters. The molecule has 0 unspecified atom stereocenters. The van der Waals surface area contributed by atoms with Crippen LogP contribution in [0.25, 0.3) is 11.6 Å². The summed E-state index contributed by atoms with van der Waals surface area (Å²) in [5.74, 6) is -2.73. The molecular weight excluding hydrogens is 396 g/mol. The standard InChI is InChI=1S/C20H21F2N5O3/c1-10-6-14(23-7-10)18-25-17(26-30-18)12-5-4-11(2)27(9-12)20(28)15-13(21)8-24-19(29-3)16(15)22/h6-8,11-12,23H,4-5,9H2,1-3H3/t11-,12+/m1/s1. The van der Waals surface area contributed by atoms with Gasteiger partial charge in [-0.2, -0.15) is 4.98 Å². The third kappa shape index (κ3) is 3.53. The lowest BCUT2D eigenvalue weighted by molar-refractivity contribution is 0.0593. The normalized spacial score (nSPS) is 19.2. The number of pyridine rings is 1. The van der Waals surface area contributed by atoms with Crippen LogP contribution in [0, 0.1) is 18.6 Å². The van der Waals surface area contributed by atoms with E-state index in [9.17, 15) is 13.6 Å². The van der Waals surface area contributed by atoms with Crippen LogP contribution in [-0.4, -0.2) is 50.6 Å². The Labute approximate surface area is 171 Å². The van der Waals surface area contributed by atoms with E-state index >= 15 is 0 Å². The zero-order valence-electron chi connectivity index (χ0n) is 16.8. The van der Waals surface area contributed by atoms with E-state index in [-0.39, 0.29) is 18.5 Å². The molecule has 4 heterocycles. The third-order valence-corrected chi connectivity index (χ3v) is 5.36. The predicted octanol–water partition coefficient (Wildman–Crippen LogP) is 3.46. The van der Waals surface area contributed by atoms with Crippen molar-refractivity contribution in [2.75, 3.05) is 13.7 Å². The number of carbonyl (C=O) groups is 1. The number of H-pyrrole nitrogens is 1. The lowest BCUT2D eigenvalue weighted by Gasteiger charge is -2.37. The molecule has 3 aromatic heterocycles. The summed E-state index contributed by atoms with van der Waals surface area (Å²) in [5, 5.41) is 4.06. The number of amides is 1. The van der Waals surface area contributed by atoms with E-state index in [1.54, 1.807) is 0 Å². The van der Waals surface area contributed by atoms with Crippen molar-refractivity contribution in [3.63, 3.8) is 0 Å². The Morgan fingerprint density at radius 3 is 2.87 bits per heavy atom. The number of aromatic amines is 1. The number of hydrogen-bond acceptors (Lipinski definition) is 6. The van der Waals surface area contributed by atoms with Crippen molar-refractivity contribution in [3.8, 4) is 17.5 Å².